The van der Waals surface area contributed by atoms with Crippen molar-refractivity contribution in [1.82, 2.24) is 0 Å². The highest BCUT2D eigenvalue weighted by Crippen LogP contribution is 2.45. The largest absolute Gasteiger partial charge is 0.481 e. The van der Waals surface area contributed by atoms with Gasteiger partial charge in [-0.05, 0) is 86.3 Å². The van der Waals surface area contributed by atoms with Crippen molar-refractivity contribution in [1.29, 1.82) is 0 Å². The van der Waals surface area contributed by atoms with Crippen molar-refractivity contribution in [3.63, 3.8) is 0 Å². The summed E-state index contributed by atoms with van der Waals surface area (Å²) < 4.78 is 0. The number of unbranched alkanes of at least 4 members (excludes halogenated alkanes) is 18. The van der Waals surface area contributed by atoms with E-state index in [0.29, 0.717) is 43.1 Å². The highest BCUT2D eigenvalue weighted by molar-refractivity contribution is 6.03. The minimum atomic E-state index is -1.17. The Bertz CT molecular complexity index is 1300. The molecule has 1 aromatic carbocycles. The number of carbonyl (C=O) groups is 4. The molecule has 0 spiro atoms. The maximum Gasteiger partial charge on any atom is 0.336 e. The molecule has 1 aromatic rings. The molecule has 1 rings (SSSR count). The van der Waals surface area contributed by atoms with Crippen molar-refractivity contribution in [3.05, 3.63) is 34.4 Å². The number of benzene rings is 1. The maximum atomic E-state index is 12.9. The number of hydrogen-bond donors (Lipinski definition) is 4. The molecule has 8 nitrogen and oxygen atoms in total. The first-order chi connectivity index (χ1) is 29.2. The van der Waals surface area contributed by atoms with Gasteiger partial charge >= 0.3 is 23.9 Å². The zero-order chi connectivity index (χ0) is 45.9. The summed E-state index contributed by atoms with van der Waals surface area (Å²) in [5, 5.41) is 39.0. The van der Waals surface area contributed by atoms with E-state index in [1.807, 2.05) is 0 Å². The molecular formula is C53H94O8. The van der Waals surface area contributed by atoms with E-state index < -0.39 is 29.3 Å². The lowest BCUT2D eigenvalue weighted by molar-refractivity contribution is -0.156. The smallest absolute Gasteiger partial charge is 0.336 e. The van der Waals surface area contributed by atoms with Gasteiger partial charge in [-0.25, -0.2) is 9.59 Å². The molecule has 0 aromatic heterocycles. The van der Waals surface area contributed by atoms with Crippen LogP contribution in [0.25, 0.3) is 0 Å². The Morgan fingerprint density at radius 3 is 1.31 bits per heavy atom. The van der Waals surface area contributed by atoms with Crippen LogP contribution in [-0.4, -0.2) is 44.3 Å². The predicted molar refractivity (Wildman–Crippen MR) is 254 cm³/mol. The van der Waals surface area contributed by atoms with Crippen LogP contribution in [0, 0.1) is 23.2 Å². The van der Waals surface area contributed by atoms with E-state index in [4.69, 9.17) is 0 Å². The number of hydrogen-bond acceptors (Lipinski definition) is 4. The van der Waals surface area contributed by atoms with E-state index in [9.17, 15) is 39.6 Å². The van der Waals surface area contributed by atoms with Crippen molar-refractivity contribution in [2.45, 2.75) is 254 Å². The summed E-state index contributed by atoms with van der Waals surface area (Å²) in [7, 11) is 0. The quantitative estimate of drug-likeness (QED) is 0.0478. The van der Waals surface area contributed by atoms with Gasteiger partial charge in [0.25, 0.3) is 0 Å². The van der Waals surface area contributed by atoms with Crippen LogP contribution in [0.5, 0.6) is 0 Å². The third-order valence-electron chi connectivity index (χ3n) is 12.8. The van der Waals surface area contributed by atoms with Gasteiger partial charge in [0.1, 0.15) is 0 Å². The summed E-state index contributed by atoms with van der Waals surface area (Å²) in [6.45, 7) is 15.3. The molecule has 0 saturated heterocycles. The van der Waals surface area contributed by atoms with Crippen LogP contribution in [0.2, 0.25) is 0 Å². The van der Waals surface area contributed by atoms with Crippen LogP contribution < -0.4 is 0 Å². The van der Waals surface area contributed by atoms with Crippen LogP contribution >= 0.6 is 0 Å². The van der Waals surface area contributed by atoms with E-state index in [2.05, 4.69) is 48.5 Å². The Labute approximate surface area is 373 Å². The molecule has 354 valence electrons. The number of rotatable bonds is 39. The van der Waals surface area contributed by atoms with Crippen LogP contribution in [0.3, 0.4) is 0 Å². The molecule has 0 aliphatic rings. The van der Waals surface area contributed by atoms with Crippen molar-refractivity contribution >= 4 is 23.9 Å². The normalized spacial score (nSPS) is 12.9. The Morgan fingerprint density at radius 1 is 0.492 bits per heavy atom. The van der Waals surface area contributed by atoms with Gasteiger partial charge in [-0.1, -0.05) is 202 Å². The van der Waals surface area contributed by atoms with Gasteiger partial charge in [-0.2, -0.15) is 0 Å². The Kier molecular flexibility index (Phi) is 34.8. The third-order valence-corrected chi connectivity index (χ3v) is 12.8. The summed E-state index contributed by atoms with van der Waals surface area (Å²) >= 11 is 0. The molecule has 0 fully saturated rings. The molecule has 0 bridgehead atoms. The molecule has 0 saturated carbocycles. The molecule has 2 unspecified atom stereocenters. The average molecular weight is 859 g/mol. The number of carboxylic acids is 4. The lowest BCUT2D eigenvalue weighted by Gasteiger charge is -2.38. The second-order valence-electron chi connectivity index (χ2n) is 19.1. The first-order valence-electron chi connectivity index (χ1n) is 25.2. The number of aryl methyl sites for hydroxylation is 1. The lowest BCUT2D eigenvalue weighted by Crippen LogP contribution is -2.39. The molecule has 0 aliphatic heterocycles. The fraction of sp³-hybridized carbons (Fsp3) is 0.811. The van der Waals surface area contributed by atoms with Gasteiger partial charge in [0.2, 0.25) is 0 Å². The second kappa shape index (κ2) is 36.6. The fourth-order valence-electron chi connectivity index (χ4n) is 9.08. The Balaban J connectivity index is 0.00000129. The Morgan fingerprint density at radius 2 is 0.918 bits per heavy atom. The van der Waals surface area contributed by atoms with Crippen LogP contribution in [0.4, 0.5) is 0 Å². The lowest BCUT2D eigenvalue weighted by atomic mass is 9.65. The average Bonchev–Trinajstić information content (AvgIpc) is 3.20. The molecule has 2 atom stereocenters. The maximum absolute atomic E-state index is 12.9. The second-order valence-corrected chi connectivity index (χ2v) is 19.1. The summed E-state index contributed by atoms with van der Waals surface area (Å²) in [6, 6.07) is 3.25. The monoisotopic (exact) mass is 859 g/mol. The van der Waals surface area contributed by atoms with Crippen LogP contribution in [0.15, 0.2) is 12.1 Å². The number of carboxylic acid groups (broad SMARTS) is 4. The third kappa shape index (κ3) is 27.0. The SMILES string of the molecule is CC(C)CCCc1ccc(C(=O)O)c(C(=O)O)c1CCCC(C)C.CCCCCCCCCCCC(CCC(=O)O)C(CCCCCCC)(CCCCCCCCC)C(=O)O. The Hall–Kier alpha value is -2.90. The van der Waals surface area contributed by atoms with Crippen molar-refractivity contribution in [3.8, 4) is 0 Å². The minimum absolute atomic E-state index is 0.0201. The van der Waals surface area contributed by atoms with Gasteiger partial charge < -0.3 is 20.4 Å². The molecule has 61 heavy (non-hydrogen) atoms. The minimum Gasteiger partial charge on any atom is -0.481 e. The zero-order valence-electron chi connectivity index (χ0n) is 40.4. The predicted octanol–water partition coefficient (Wildman–Crippen LogP) is 16.0. The molecule has 8 heteroatoms. The van der Waals surface area contributed by atoms with E-state index in [0.717, 1.165) is 82.6 Å². The molecular weight excluding hydrogens is 765 g/mol. The molecule has 0 amide bonds. The van der Waals surface area contributed by atoms with Crippen molar-refractivity contribution < 1.29 is 39.6 Å². The molecule has 0 aliphatic carbocycles. The van der Waals surface area contributed by atoms with Gasteiger partial charge in [0, 0.05) is 6.42 Å². The summed E-state index contributed by atoms with van der Waals surface area (Å²) in [5.74, 6) is -2.66. The van der Waals surface area contributed by atoms with Crippen LogP contribution in [0.1, 0.15) is 273 Å². The van der Waals surface area contributed by atoms with Crippen molar-refractivity contribution in [2.75, 3.05) is 0 Å². The van der Waals surface area contributed by atoms with Gasteiger partial charge in [-0.3, -0.25) is 9.59 Å². The highest BCUT2D eigenvalue weighted by atomic mass is 16.4. The standard InChI is InChI=1S/C33H64O4.C20H30O4/c1-4-7-10-13-15-16-17-19-22-25-30(26-27-31(34)35)33(32(36)37,28-23-20-12-9-6-3)29-24-21-18-14-11-8-5-2;1-13(2)7-5-9-15-11-12-17(19(21)22)18(20(23)24)16(15)10-6-8-14(3)4/h30H,4-29H2,1-3H3,(H,34,35)(H,36,37);11-14H,5-10H2,1-4H3,(H,21,22)(H,23,24). The van der Waals surface area contributed by atoms with Gasteiger partial charge in [-0.15, -0.1) is 0 Å². The van der Waals surface area contributed by atoms with Crippen molar-refractivity contribution in [2.24, 2.45) is 23.2 Å². The fourth-order valence-corrected chi connectivity index (χ4v) is 9.08. The summed E-state index contributed by atoms with van der Waals surface area (Å²) in [4.78, 5) is 47.6. The molecule has 0 heterocycles. The van der Waals surface area contributed by atoms with E-state index in [1.54, 1.807) is 6.07 Å². The summed E-state index contributed by atoms with van der Waals surface area (Å²) in [6.07, 6.45) is 33.3. The van der Waals surface area contributed by atoms with E-state index in [-0.39, 0.29) is 23.5 Å². The zero-order valence-corrected chi connectivity index (χ0v) is 40.4. The molecule has 4 N–H and O–H groups in total. The number of aromatic carboxylic acids is 2. The first kappa shape index (κ1) is 58.1. The topological polar surface area (TPSA) is 149 Å². The number of aliphatic carboxylic acids is 2. The highest BCUT2D eigenvalue weighted by Gasteiger charge is 2.44. The van der Waals surface area contributed by atoms with Crippen LogP contribution in [-0.2, 0) is 22.4 Å². The van der Waals surface area contributed by atoms with E-state index >= 15 is 0 Å². The van der Waals surface area contributed by atoms with Gasteiger partial charge in [0.05, 0.1) is 16.5 Å². The van der Waals surface area contributed by atoms with Gasteiger partial charge in [0.15, 0.2) is 0 Å². The summed E-state index contributed by atoms with van der Waals surface area (Å²) in [5.41, 5.74) is 0.821. The first-order valence-corrected chi connectivity index (χ1v) is 25.2. The molecule has 0 radical (unpaired) electrons. The van der Waals surface area contributed by atoms with E-state index in [1.165, 1.54) is 102 Å².